The molecule has 0 bridgehead atoms. The first kappa shape index (κ1) is 11.8. The molecule has 0 heterocycles. The second kappa shape index (κ2) is 5.01. The van der Waals surface area contributed by atoms with E-state index in [-0.39, 0.29) is 30.0 Å². The third-order valence-electron chi connectivity index (χ3n) is 1.88. The summed E-state index contributed by atoms with van der Waals surface area (Å²) in [6.07, 6.45) is 0.0192. The van der Waals surface area contributed by atoms with Gasteiger partial charge in [-0.05, 0) is 18.2 Å². The SMILES string of the molecule is NC(=O)CCNC(=O)c1cc(O)ccc1O. The first-order valence-electron chi connectivity index (χ1n) is 4.59. The molecule has 16 heavy (non-hydrogen) atoms. The predicted molar refractivity (Wildman–Crippen MR) is 55.9 cm³/mol. The molecule has 0 atom stereocenters. The second-order valence-electron chi connectivity index (χ2n) is 3.17. The van der Waals surface area contributed by atoms with Crippen molar-refractivity contribution in [3.63, 3.8) is 0 Å². The average Bonchev–Trinajstić information content (AvgIpc) is 2.21. The Morgan fingerprint density at radius 1 is 1.31 bits per heavy atom. The molecule has 0 aliphatic rings. The van der Waals surface area contributed by atoms with Crippen LogP contribution in [0, 0.1) is 0 Å². The summed E-state index contributed by atoms with van der Waals surface area (Å²) in [6, 6.07) is 3.60. The van der Waals surface area contributed by atoms with Gasteiger partial charge < -0.3 is 21.3 Å². The van der Waals surface area contributed by atoms with Crippen molar-refractivity contribution in [3.05, 3.63) is 23.8 Å². The van der Waals surface area contributed by atoms with Crippen LogP contribution in [0.1, 0.15) is 16.8 Å². The molecule has 0 aliphatic carbocycles. The lowest BCUT2D eigenvalue weighted by molar-refractivity contribution is -0.117. The van der Waals surface area contributed by atoms with E-state index in [0.29, 0.717) is 0 Å². The maximum Gasteiger partial charge on any atom is 0.255 e. The number of phenolic OH excluding ortho intramolecular Hbond substituents is 2. The fourth-order valence-corrected chi connectivity index (χ4v) is 1.10. The zero-order chi connectivity index (χ0) is 12.1. The van der Waals surface area contributed by atoms with Crippen molar-refractivity contribution in [2.75, 3.05) is 6.54 Å². The van der Waals surface area contributed by atoms with Gasteiger partial charge in [0.2, 0.25) is 5.91 Å². The van der Waals surface area contributed by atoms with Crippen LogP contribution in [0.5, 0.6) is 11.5 Å². The molecular formula is C10H12N2O4. The third kappa shape index (κ3) is 3.16. The number of primary amides is 1. The van der Waals surface area contributed by atoms with Gasteiger partial charge in [-0.2, -0.15) is 0 Å². The zero-order valence-electron chi connectivity index (χ0n) is 8.43. The number of aromatic hydroxyl groups is 2. The molecule has 0 spiro atoms. The molecule has 0 aromatic heterocycles. The number of carbonyl (C=O) groups excluding carboxylic acids is 2. The topological polar surface area (TPSA) is 113 Å². The maximum atomic E-state index is 11.5. The van der Waals surface area contributed by atoms with Crippen molar-refractivity contribution in [2.45, 2.75) is 6.42 Å². The van der Waals surface area contributed by atoms with E-state index >= 15 is 0 Å². The van der Waals surface area contributed by atoms with E-state index < -0.39 is 11.8 Å². The van der Waals surface area contributed by atoms with Crippen LogP contribution in [0.15, 0.2) is 18.2 Å². The molecule has 1 aromatic rings. The second-order valence-corrected chi connectivity index (χ2v) is 3.17. The Hall–Kier alpha value is -2.24. The number of nitrogens with one attached hydrogen (secondary N) is 1. The van der Waals surface area contributed by atoms with Crippen molar-refractivity contribution in [1.82, 2.24) is 5.32 Å². The lowest BCUT2D eigenvalue weighted by Crippen LogP contribution is -2.27. The van der Waals surface area contributed by atoms with Crippen LogP contribution < -0.4 is 11.1 Å². The summed E-state index contributed by atoms with van der Waals surface area (Å²) in [5.74, 6) is -1.47. The van der Waals surface area contributed by atoms with Gasteiger partial charge in [0.15, 0.2) is 0 Å². The number of benzene rings is 1. The lowest BCUT2D eigenvalue weighted by Gasteiger charge is -2.06. The van der Waals surface area contributed by atoms with E-state index in [2.05, 4.69) is 5.32 Å². The smallest absolute Gasteiger partial charge is 0.255 e. The molecule has 0 fully saturated rings. The van der Waals surface area contributed by atoms with Crippen molar-refractivity contribution >= 4 is 11.8 Å². The Morgan fingerprint density at radius 2 is 2.00 bits per heavy atom. The molecule has 0 aliphatic heterocycles. The van der Waals surface area contributed by atoms with Gasteiger partial charge in [-0.3, -0.25) is 9.59 Å². The Balaban J connectivity index is 2.65. The molecule has 1 rings (SSSR count). The molecule has 1 aromatic carbocycles. The molecule has 0 radical (unpaired) electrons. The Kier molecular flexibility index (Phi) is 3.71. The molecule has 0 saturated carbocycles. The summed E-state index contributed by atoms with van der Waals surface area (Å²) in [5.41, 5.74) is 4.84. The Labute approximate surface area is 91.7 Å². The van der Waals surface area contributed by atoms with Gasteiger partial charge in [-0.15, -0.1) is 0 Å². The Bertz CT molecular complexity index is 417. The van der Waals surface area contributed by atoms with Gasteiger partial charge in [0.25, 0.3) is 5.91 Å². The summed E-state index contributed by atoms with van der Waals surface area (Å²) < 4.78 is 0. The third-order valence-corrected chi connectivity index (χ3v) is 1.88. The summed E-state index contributed by atoms with van der Waals surface area (Å²) in [5, 5.41) is 20.9. The van der Waals surface area contributed by atoms with E-state index in [1.807, 2.05) is 0 Å². The van der Waals surface area contributed by atoms with Gasteiger partial charge >= 0.3 is 0 Å². The predicted octanol–water partition coefficient (Wildman–Crippen LogP) is -0.297. The number of nitrogens with two attached hydrogens (primary N) is 1. The Morgan fingerprint density at radius 3 is 2.62 bits per heavy atom. The van der Waals surface area contributed by atoms with Gasteiger partial charge in [0.1, 0.15) is 11.5 Å². The van der Waals surface area contributed by atoms with Gasteiger partial charge in [-0.25, -0.2) is 0 Å². The van der Waals surface area contributed by atoms with Crippen LogP contribution in [0.4, 0.5) is 0 Å². The largest absolute Gasteiger partial charge is 0.508 e. The first-order chi connectivity index (χ1) is 7.50. The van der Waals surface area contributed by atoms with E-state index in [9.17, 15) is 14.7 Å². The van der Waals surface area contributed by atoms with Crippen molar-refractivity contribution < 1.29 is 19.8 Å². The molecule has 0 saturated heterocycles. The summed E-state index contributed by atoms with van der Waals surface area (Å²) >= 11 is 0. The lowest BCUT2D eigenvalue weighted by atomic mass is 10.1. The van der Waals surface area contributed by atoms with E-state index in [4.69, 9.17) is 10.8 Å². The molecular weight excluding hydrogens is 212 g/mol. The first-order valence-corrected chi connectivity index (χ1v) is 4.59. The minimum absolute atomic E-state index is 0.0192. The van der Waals surface area contributed by atoms with Gasteiger partial charge in [0.05, 0.1) is 5.56 Å². The average molecular weight is 224 g/mol. The number of hydrogen-bond acceptors (Lipinski definition) is 4. The summed E-state index contributed by atoms with van der Waals surface area (Å²) in [6.45, 7) is 0.0866. The minimum atomic E-state index is -0.574. The maximum absolute atomic E-state index is 11.5. The van der Waals surface area contributed by atoms with E-state index in [0.717, 1.165) is 6.07 Å². The van der Waals surface area contributed by atoms with Crippen LogP contribution in [0.25, 0.3) is 0 Å². The van der Waals surface area contributed by atoms with Crippen molar-refractivity contribution in [1.29, 1.82) is 0 Å². The fraction of sp³-hybridized carbons (Fsp3) is 0.200. The molecule has 86 valence electrons. The van der Waals surface area contributed by atoms with Gasteiger partial charge in [0, 0.05) is 13.0 Å². The van der Waals surface area contributed by atoms with Crippen LogP contribution in [-0.4, -0.2) is 28.6 Å². The highest BCUT2D eigenvalue weighted by atomic mass is 16.3. The van der Waals surface area contributed by atoms with Crippen LogP contribution >= 0.6 is 0 Å². The molecule has 0 unspecified atom stereocenters. The number of phenols is 2. The highest BCUT2D eigenvalue weighted by Gasteiger charge is 2.11. The van der Waals surface area contributed by atoms with Crippen LogP contribution in [0.2, 0.25) is 0 Å². The highest BCUT2D eigenvalue weighted by molar-refractivity contribution is 5.97. The fourth-order valence-electron chi connectivity index (χ4n) is 1.10. The van der Waals surface area contributed by atoms with Crippen LogP contribution in [0.3, 0.4) is 0 Å². The minimum Gasteiger partial charge on any atom is -0.508 e. The number of carbonyl (C=O) groups is 2. The van der Waals surface area contributed by atoms with Crippen molar-refractivity contribution in [3.8, 4) is 11.5 Å². The molecule has 6 nitrogen and oxygen atoms in total. The standard InChI is InChI=1S/C10H12N2O4/c11-9(15)3-4-12-10(16)7-5-6(13)1-2-8(7)14/h1-2,5,13-14H,3-4H2,(H2,11,15)(H,12,16). The van der Waals surface area contributed by atoms with Crippen LogP contribution in [-0.2, 0) is 4.79 Å². The zero-order valence-corrected chi connectivity index (χ0v) is 8.43. The normalized spacial score (nSPS) is 9.75. The molecule has 5 N–H and O–H groups in total. The number of rotatable bonds is 4. The quantitative estimate of drug-likeness (QED) is 0.526. The number of hydrogen-bond donors (Lipinski definition) is 4. The van der Waals surface area contributed by atoms with Gasteiger partial charge in [-0.1, -0.05) is 0 Å². The van der Waals surface area contributed by atoms with E-state index in [1.54, 1.807) is 0 Å². The summed E-state index contributed by atoms with van der Waals surface area (Å²) in [7, 11) is 0. The number of amides is 2. The molecule has 6 heteroatoms. The monoisotopic (exact) mass is 224 g/mol. The highest BCUT2D eigenvalue weighted by Crippen LogP contribution is 2.21. The van der Waals surface area contributed by atoms with E-state index in [1.165, 1.54) is 12.1 Å². The summed E-state index contributed by atoms with van der Waals surface area (Å²) in [4.78, 5) is 21.9. The molecule has 2 amide bonds. The van der Waals surface area contributed by atoms with Crippen molar-refractivity contribution in [2.24, 2.45) is 5.73 Å².